The first-order valence-corrected chi connectivity index (χ1v) is 7.63. The number of anilines is 1. The van der Waals surface area contributed by atoms with Crippen LogP contribution < -0.4 is 11.1 Å². The molecule has 25 heavy (non-hydrogen) atoms. The highest BCUT2D eigenvalue weighted by Crippen LogP contribution is 2.17. The fourth-order valence-corrected chi connectivity index (χ4v) is 2.39. The van der Waals surface area contributed by atoms with Crippen molar-refractivity contribution in [3.05, 3.63) is 70.0 Å². The summed E-state index contributed by atoms with van der Waals surface area (Å²) in [7, 11) is 0. The second-order valence-electron chi connectivity index (χ2n) is 5.70. The molecule has 0 spiro atoms. The van der Waals surface area contributed by atoms with Gasteiger partial charge in [0.05, 0.1) is 0 Å². The molecule has 3 aromatic rings. The molecule has 0 saturated heterocycles. The van der Waals surface area contributed by atoms with Gasteiger partial charge < -0.3 is 9.73 Å². The first kappa shape index (κ1) is 16.6. The summed E-state index contributed by atoms with van der Waals surface area (Å²) in [6.07, 6.45) is 0. The number of rotatable bonds is 4. The lowest BCUT2D eigenvalue weighted by Gasteiger charge is -2.08. The van der Waals surface area contributed by atoms with Crippen molar-refractivity contribution in [3.63, 3.8) is 0 Å². The molecule has 0 aliphatic carbocycles. The second kappa shape index (κ2) is 6.72. The van der Waals surface area contributed by atoms with Crippen molar-refractivity contribution >= 4 is 11.6 Å². The minimum atomic E-state index is -0.755. The van der Waals surface area contributed by atoms with Crippen LogP contribution in [0.3, 0.4) is 0 Å². The van der Waals surface area contributed by atoms with Crippen molar-refractivity contribution in [2.24, 2.45) is 0 Å². The molecule has 0 bridgehead atoms. The van der Waals surface area contributed by atoms with Gasteiger partial charge in [0.25, 0.3) is 0 Å². The van der Waals surface area contributed by atoms with E-state index >= 15 is 0 Å². The molecule has 1 N–H and O–H groups in total. The lowest BCUT2D eigenvalue weighted by Crippen LogP contribution is -2.26. The van der Waals surface area contributed by atoms with Crippen LogP contribution in [0.25, 0.3) is 11.5 Å². The normalized spacial score (nSPS) is 10.7. The van der Waals surface area contributed by atoms with Crippen LogP contribution in [0.5, 0.6) is 0 Å². The predicted octanol–water partition coefficient (Wildman–Crippen LogP) is 2.90. The van der Waals surface area contributed by atoms with Crippen LogP contribution in [-0.4, -0.2) is 15.7 Å². The lowest BCUT2D eigenvalue weighted by molar-refractivity contribution is -0.117. The average molecular weight is 341 g/mol. The predicted molar refractivity (Wildman–Crippen MR) is 90.7 cm³/mol. The zero-order chi connectivity index (χ0) is 18.0. The Morgan fingerprint density at radius 1 is 1.20 bits per heavy atom. The summed E-state index contributed by atoms with van der Waals surface area (Å²) in [4.78, 5) is 24.0. The molecule has 1 heterocycles. The van der Waals surface area contributed by atoms with Crippen molar-refractivity contribution in [3.8, 4) is 11.5 Å². The summed E-state index contributed by atoms with van der Waals surface area (Å²) < 4.78 is 18.9. The summed E-state index contributed by atoms with van der Waals surface area (Å²) in [5.41, 5.74) is 3.14. The van der Waals surface area contributed by atoms with Gasteiger partial charge in [-0.1, -0.05) is 17.7 Å². The van der Waals surface area contributed by atoms with Crippen LogP contribution in [-0.2, 0) is 11.3 Å². The molecule has 0 atom stereocenters. The highest BCUT2D eigenvalue weighted by molar-refractivity contribution is 5.91. The van der Waals surface area contributed by atoms with Crippen molar-refractivity contribution in [1.82, 2.24) is 9.78 Å². The fourth-order valence-electron chi connectivity index (χ4n) is 2.39. The van der Waals surface area contributed by atoms with E-state index in [2.05, 4.69) is 10.4 Å². The smallest absolute Gasteiger partial charge is 0.388 e. The molecule has 6 nitrogen and oxygen atoms in total. The highest BCUT2D eigenvalue weighted by atomic mass is 19.1. The van der Waals surface area contributed by atoms with Crippen LogP contribution in [0.4, 0.5) is 10.1 Å². The number of nitrogens with one attached hydrogen (secondary N) is 1. The molecule has 2 aromatic carbocycles. The molecule has 0 radical (unpaired) electrons. The topological polar surface area (TPSA) is 77.1 Å². The van der Waals surface area contributed by atoms with Gasteiger partial charge >= 0.3 is 5.76 Å². The van der Waals surface area contributed by atoms with Crippen LogP contribution in [0.1, 0.15) is 11.1 Å². The fraction of sp³-hybridized carbons (Fsp3) is 0.167. The van der Waals surface area contributed by atoms with Gasteiger partial charge in [0.2, 0.25) is 11.8 Å². The van der Waals surface area contributed by atoms with Crippen LogP contribution in [0.2, 0.25) is 0 Å². The molecule has 1 aromatic heterocycles. The van der Waals surface area contributed by atoms with Crippen molar-refractivity contribution in [2.45, 2.75) is 20.4 Å². The molecule has 0 saturated carbocycles. The Kier molecular flexibility index (Phi) is 4.47. The third-order valence-electron chi connectivity index (χ3n) is 3.65. The number of aromatic nitrogens is 2. The number of halogens is 1. The Labute approximate surface area is 142 Å². The van der Waals surface area contributed by atoms with Gasteiger partial charge in [-0.3, -0.25) is 4.79 Å². The van der Waals surface area contributed by atoms with E-state index in [0.717, 1.165) is 15.8 Å². The van der Waals surface area contributed by atoms with E-state index in [1.165, 1.54) is 24.3 Å². The van der Waals surface area contributed by atoms with E-state index in [4.69, 9.17) is 4.42 Å². The number of benzene rings is 2. The van der Waals surface area contributed by atoms with Gasteiger partial charge in [0.1, 0.15) is 12.4 Å². The largest absolute Gasteiger partial charge is 0.437 e. The molecule has 3 rings (SSSR count). The maximum atomic E-state index is 13.0. The minimum absolute atomic E-state index is 0.0318. The second-order valence-corrected chi connectivity index (χ2v) is 5.70. The maximum Gasteiger partial charge on any atom is 0.437 e. The number of carbonyl (C=O) groups excluding carboxylic acids is 1. The Morgan fingerprint density at radius 3 is 2.60 bits per heavy atom. The summed E-state index contributed by atoms with van der Waals surface area (Å²) in [5, 5.41) is 6.72. The zero-order valence-corrected chi connectivity index (χ0v) is 13.7. The number of aryl methyl sites for hydroxylation is 2. The van der Waals surface area contributed by atoms with Crippen LogP contribution in [0, 0.1) is 19.7 Å². The van der Waals surface area contributed by atoms with E-state index in [0.29, 0.717) is 11.3 Å². The molecule has 128 valence electrons. The SMILES string of the molecule is Cc1ccc(NC(=O)Cn2nc(-c3ccc(F)cc3)oc2=O)c(C)c1. The Bertz CT molecular complexity index is 974. The van der Waals surface area contributed by atoms with Gasteiger partial charge in [0, 0.05) is 11.3 Å². The first-order chi connectivity index (χ1) is 11.9. The molecule has 7 heteroatoms. The van der Waals surface area contributed by atoms with Crippen molar-refractivity contribution in [1.29, 1.82) is 0 Å². The molecular weight excluding hydrogens is 325 g/mol. The molecule has 0 fully saturated rings. The van der Waals surface area contributed by atoms with E-state index in [9.17, 15) is 14.0 Å². The summed E-state index contributed by atoms with van der Waals surface area (Å²) in [5.74, 6) is -1.52. The summed E-state index contributed by atoms with van der Waals surface area (Å²) in [6.45, 7) is 3.57. The Morgan fingerprint density at radius 2 is 1.92 bits per heavy atom. The maximum absolute atomic E-state index is 13.0. The number of carbonyl (C=O) groups is 1. The number of hydrogen-bond acceptors (Lipinski definition) is 4. The first-order valence-electron chi connectivity index (χ1n) is 7.63. The Balaban J connectivity index is 1.75. The molecule has 0 aliphatic rings. The summed E-state index contributed by atoms with van der Waals surface area (Å²) in [6, 6.07) is 11.0. The standard InChI is InChI=1S/C18H16FN3O3/c1-11-3-8-15(12(2)9-11)20-16(23)10-22-18(24)25-17(21-22)13-4-6-14(19)7-5-13/h3-9H,10H2,1-2H3,(H,20,23). The lowest BCUT2D eigenvalue weighted by atomic mass is 10.1. The third-order valence-corrected chi connectivity index (χ3v) is 3.65. The van der Waals surface area contributed by atoms with Gasteiger partial charge in [-0.15, -0.1) is 5.10 Å². The quantitative estimate of drug-likeness (QED) is 0.791. The van der Waals surface area contributed by atoms with Crippen molar-refractivity contribution < 1.29 is 13.6 Å². The molecule has 0 aliphatic heterocycles. The van der Waals surface area contributed by atoms with Gasteiger partial charge in [-0.05, 0) is 49.7 Å². The third kappa shape index (κ3) is 3.82. The molecule has 1 amide bonds. The van der Waals surface area contributed by atoms with Gasteiger partial charge in [-0.2, -0.15) is 4.68 Å². The highest BCUT2D eigenvalue weighted by Gasteiger charge is 2.14. The van der Waals surface area contributed by atoms with Crippen molar-refractivity contribution in [2.75, 3.05) is 5.32 Å². The van der Waals surface area contributed by atoms with E-state index in [-0.39, 0.29) is 12.4 Å². The van der Waals surface area contributed by atoms with Gasteiger partial charge in [0.15, 0.2) is 0 Å². The molecule has 0 unspecified atom stereocenters. The minimum Gasteiger partial charge on any atom is -0.388 e. The van der Waals surface area contributed by atoms with Crippen LogP contribution >= 0.6 is 0 Å². The monoisotopic (exact) mass is 341 g/mol. The van der Waals surface area contributed by atoms with Crippen LogP contribution in [0.15, 0.2) is 51.7 Å². The van der Waals surface area contributed by atoms with E-state index in [1.54, 1.807) is 6.07 Å². The zero-order valence-electron chi connectivity index (χ0n) is 13.7. The molecular formula is C18H16FN3O3. The number of amides is 1. The number of hydrogen-bond donors (Lipinski definition) is 1. The van der Waals surface area contributed by atoms with E-state index < -0.39 is 17.5 Å². The van der Waals surface area contributed by atoms with E-state index in [1.807, 2.05) is 26.0 Å². The Hall–Kier alpha value is -3.22. The van der Waals surface area contributed by atoms with Gasteiger partial charge in [-0.25, -0.2) is 9.18 Å². The average Bonchev–Trinajstić information content (AvgIpc) is 2.91. The summed E-state index contributed by atoms with van der Waals surface area (Å²) >= 11 is 0. The number of nitrogens with zero attached hydrogens (tertiary/aromatic N) is 2.